The zero-order chi connectivity index (χ0) is 66.0. The molecular weight excluding hydrogens is 1370 g/mol. The van der Waals surface area contributed by atoms with Gasteiger partial charge in [-0.3, -0.25) is 19.7 Å². The van der Waals surface area contributed by atoms with Crippen LogP contribution in [-0.4, -0.2) is 228 Å². The van der Waals surface area contributed by atoms with Crippen LogP contribution in [0.15, 0.2) is 58.4 Å². The third-order valence-corrected chi connectivity index (χ3v) is 20.6. The fourth-order valence-electron chi connectivity index (χ4n) is 11.1. The summed E-state index contributed by atoms with van der Waals surface area (Å²) in [6, 6.07) is 1.54. The molecule has 6 aliphatic rings. The molecule has 91 heavy (non-hydrogen) atoms. The van der Waals surface area contributed by atoms with E-state index in [2.05, 4.69) is 44.8 Å². The molecule has 0 radical (unpaired) electrons. The van der Waals surface area contributed by atoms with Crippen LogP contribution in [0.4, 0.5) is 4.79 Å². The first kappa shape index (κ1) is 72.2. The van der Waals surface area contributed by atoms with Gasteiger partial charge in [0.05, 0.1) is 103 Å². The van der Waals surface area contributed by atoms with Gasteiger partial charge in [0.2, 0.25) is 17.2 Å². The van der Waals surface area contributed by atoms with E-state index in [4.69, 9.17) is 61.7 Å². The molecule has 1 aromatic carbocycles. The second kappa shape index (κ2) is 32.6. The van der Waals surface area contributed by atoms with Crippen LogP contribution < -0.4 is 30.3 Å². The van der Waals surface area contributed by atoms with Gasteiger partial charge in [-0.25, -0.2) is 14.6 Å². The largest absolute Gasteiger partial charge is 0.492 e. The topological polar surface area (TPSA) is 359 Å². The number of Topliss-reactive ketones (excluding diaryl/α,β-unsaturated/α-hetero) is 1. The molecule has 8 rings (SSSR count). The standard InChI is InChI=1S/C60H75IN4O23S3/c1-11-62-33-26-81-38(24-37(33)76-6)86-51-46(69)43(65-88-39-23-34(66)53(30(5)82-39)90-56(73)40-27(2)42(61)49(52(79-9)48(40)77-7)87-57-47(70)50(78-8)45(68)29(4)84-57)28(3)83-58(51)85-36-18-14-12-13-15-20-60(75)25-35(67)44(64-59(74)80-10)41(36)32(60)19-22-89-91-54-31(55(71)72)17-16-21-63-54/h12-13,16-17,19,21,28-30,33-34,36-39,43,45-47,50-51,53,57-58,62,65-66,68-70,75H,11,22-26H2,1-10H3,(H,64,74)(H,71,72)/b13-12-,32-19+/t28-,29+,30-,33+,34+,36+,37+,38+,39+,43-,45+,46-,47-,50-,51-,53-,57+,58+,60+/m1/s1. The van der Waals surface area contributed by atoms with Crippen molar-refractivity contribution in [2.45, 2.75) is 174 Å². The van der Waals surface area contributed by atoms with Crippen molar-refractivity contribution in [3.8, 4) is 40.9 Å². The lowest BCUT2D eigenvalue weighted by atomic mass is 9.75. The van der Waals surface area contributed by atoms with Crippen LogP contribution in [0, 0.1) is 34.2 Å². The fraction of sp³-hybridized carbons (Fsp3) is 0.583. The predicted octanol–water partition coefficient (Wildman–Crippen LogP) is 3.07. The maximum atomic E-state index is 14.5. The summed E-state index contributed by atoms with van der Waals surface area (Å²) in [5, 5.41) is 72.9. The molecule has 0 unspecified atom stereocenters. The van der Waals surface area contributed by atoms with Gasteiger partial charge < -0.3 is 92.8 Å². The number of halogens is 1. The van der Waals surface area contributed by atoms with Crippen molar-refractivity contribution in [1.29, 1.82) is 0 Å². The summed E-state index contributed by atoms with van der Waals surface area (Å²) in [5.74, 6) is 9.56. The Hall–Kier alpha value is -4.67. The summed E-state index contributed by atoms with van der Waals surface area (Å²) in [4.78, 5) is 64.1. The Kier molecular flexibility index (Phi) is 25.9. The fourth-order valence-corrected chi connectivity index (χ4v) is 14.8. The summed E-state index contributed by atoms with van der Waals surface area (Å²) in [7, 11) is 8.90. The van der Waals surface area contributed by atoms with E-state index in [0.717, 1.165) is 40.5 Å². The maximum absolute atomic E-state index is 14.5. The summed E-state index contributed by atoms with van der Waals surface area (Å²) < 4.78 is 72.6. The average Bonchev–Trinajstić information content (AvgIpc) is 0.772. The van der Waals surface area contributed by atoms with Gasteiger partial charge in [0.15, 0.2) is 41.8 Å². The number of aromatic carboxylic acids is 1. The second-order valence-electron chi connectivity index (χ2n) is 21.6. The Morgan fingerprint density at radius 3 is 2.31 bits per heavy atom. The number of aliphatic hydroxyl groups excluding tert-OH is 4. The molecule has 31 heteroatoms. The number of benzene rings is 1. The molecule has 27 nitrogen and oxygen atoms in total. The number of methoxy groups -OCH3 is 5. The molecule has 0 spiro atoms. The molecule has 4 aliphatic heterocycles. The Labute approximate surface area is 551 Å². The number of aliphatic hydroxyl groups is 5. The number of hydroxylamine groups is 1. The summed E-state index contributed by atoms with van der Waals surface area (Å²) in [6.07, 6.45) is -13.5. The van der Waals surface area contributed by atoms with E-state index in [1.54, 1.807) is 40.9 Å². The number of hydrogen-bond donors (Lipinski definition) is 9. The number of aromatic nitrogens is 1. The van der Waals surface area contributed by atoms with Gasteiger partial charge in [-0.15, -0.1) is 0 Å². The van der Waals surface area contributed by atoms with Gasteiger partial charge in [-0.1, -0.05) is 59.2 Å². The van der Waals surface area contributed by atoms with E-state index < -0.39 is 139 Å². The van der Waals surface area contributed by atoms with Gasteiger partial charge in [0, 0.05) is 50.2 Å². The number of likely N-dealkylation sites (N-methyl/N-ethyl adjacent to an activating group) is 1. The number of ketones is 1. The number of carbonyl (C=O) groups excluding carboxylic acids is 3. The number of nitrogens with zero attached hydrogens (tertiary/aromatic N) is 1. The quantitative estimate of drug-likeness (QED) is 0.0254. The molecule has 4 saturated heterocycles. The SMILES string of the molecule is CCN[C@H]1CO[C@@H](O[C@H]2[C@H](O[C@H]3C#C/C=C\C#C[C@]4(O)CC(=O)C(NC(=O)OC)=C3/C4=C\CSSc3ncccc3C(=O)O)O[C@H](C)[C@@H](NO[C@H]3C[C@H](O)[C@H](SC(=O)c4c(C)c(I)c(O[C@@H]5O[C@@H](C)[C@H](O)[C@@H](OC)[C@H]5O)c(OC)c4OC)[C@@H](C)O3)[C@H]2O)C[C@@H]1OC. The number of nitrogens with one attached hydrogen (secondary N) is 3. The molecule has 1 aromatic heterocycles. The minimum Gasteiger partial charge on any atom is -0.492 e. The second-order valence-corrected chi connectivity index (χ2v) is 26.1. The normalized spacial score (nSPS) is 34.0. The molecule has 498 valence electrons. The molecule has 4 fully saturated rings. The third-order valence-electron chi connectivity index (χ3n) is 15.8. The molecule has 0 saturated carbocycles. The summed E-state index contributed by atoms with van der Waals surface area (Å²) in [5.41, 5.74) is 0.681. The highest BCUT2D eigenvalue weighted by atomic mass is 127. The van der Waals surface area contributed by atoms with Crippen LogP contribution >= 0.6 is 55.9 Å². The lowest BCUT2D eigenvalue weighted by Crippen LogP contribution is -2.65. The van der Waals surface area contributed by atoms with E-state index in [1.165, 1.54) is 51.8 Å². The number of amides is 1. The number of thioether (sulfide) groups is 1. The van der Waals surface area contributed by atoms with Crippen molar-refractivity contribution in [2.24, 2.45) is 0 Å². The first-order chi connectivity index (χ1) is 43.5. The summed E-state index contributed by atoms with van der Waals surface area (Å²) in [6.45, 7) is 9.24. The van der Waals surface area contributed by atoms with Crippen molar-refractivity contribution < 1.29 is 111 Å². The predicted molar refractivity (Wildman–Crippen MR) is 336 cm³/mol. The molecule has 19 atom stereocenters. The van der Waals surface area contributed by atoms with E-state index in [0.29, 0.717) is 15.7 Å². The minimum atomic E-state index is -2.21. The maximum Gasteiger partial charge on any atom is 0.411 e. The number of ether oxygens (including phenoxy) is 12. The van der Waals surface area contributed by atoms with Gasteiger partial charge in [-0.05, 0) is 97.5 Å². The number of fused-ring (bicyclic) bond motifs is 2. The van der Waals surface area contributed by atoms with Crippen molar-refractivity contribution in [2.75, 3.05) is 54.5 Å². The van der Waals surface area contributed by atoms with Gasteiger partial charge in [0.25, 0.3) is 0 Å². The van der Waals surface area contributed by atoms with Crippen molar-refractivity contribution >= 4 is 78.9 Å². The smallest absolute Gasteiger partial charge is 0.411 e. The number of carboxylic acids is 1. The molecule has 2 bridgehead atoms. The van der Waals surface area contributed by atoms with Crippen molar-refractivity contribution in [3.05, 3.63) is 73.7 Å². The highest BCUT2D eigenvalue weighted by molar-refractivity contribution is 14.1. The van der Waals surface area contributed by atoms with Crippen LogP contribution in [-0.2, 0) is 52.3 Å². The number of alkyl carbamates (subject to hydrolysis) is 1. The zero-order valence-electron chi connectivity index (χ0n) is 51.3. The highest BCUT2D eigenvalue weighted by Gasteiger charge is 2.52. The molecular formula is C60H75IN4O23S3. The van der Waals surface area contributed by atoms with Crippen LogP contribution in [0.1, 0.15) is 73.2 Å². The van der Waals surface area contributed by atoms with Crippen molar-refractivity contribution in [1.82, 2.24) is 21.1 Å². The third kappa shape index (κ3) is 16.5. The monoisotopic (exact) mass is 1440 g/mol. The van der Waals surface area contributed by atoms with E-state index in [9.17, 15) is 49.8 Å². The van der Waals surface area contributed by atoms with E-state index in [-0.39, 0.29) is 81.5 Å². The summed E-state index contributed by atoms with van der Waals surface area (Å²) >= 11 is 2.79. The molecule has 2 aromatic rings. The number of hydrogen-bond acceptors (Lipinski definition) is 28. The van der Waals surface area contributed by atoms with Crippen LogP contribution in [0.5, 0.6) is 17.2 Å². The Morgan fingerprint density at radius 1 is 0.890 bits per heavy atom. The Balaban J connectivity index is 1.03. The lowest BCUT2D eigenvalue weighted by Gasteiger charge is -2.46. The number of carboxylic acid groups (broad SMARTS) is 1. The Morgan fingerprint density at radius 2 is 1.63 bits per heavy atom. The molecule has 1 amide bonds. The molecule has 2 aliphatic carbocycles. The average molecular weight is 1440 g/mol. The van der Waals surface area contributed by atoms with Gasteiger partial charge in [0.1, 0.15) is 41.6 Å². The van der Waals surface area contributed by atoms with Gasteiger partial charge >= 0.3 is 12.1 Å². The number of rotatable bonds is 23. The number of pyridine rings is 1. The number of allylic oxidation sites excluding steroid dienone is 3. The lowest BCUT2D eigenvalue weighted by molar-refractivity contribution is -0.336. The van der Waals surface area contributed by atoms with E-state index >= 15 is 0 Å². The van der Waals surface area contributed by atoms with Crippen molar-refractivity contribution in [3.63, 3.8) is 0 Å². The minimum absolute atomic E-state index is 0.00132. The van der Waals surface area contributed by atoms with Gasteiger partial charge in [-0.2, -0.15) is 5.48 Å². The van der Waals surface area contributed by atoms with Crippen LogP contribution in [0.25, 0.3) is 0 Å². The Bertz CT molecular complexity index is 3180. The highest BCUT2D eigenvalue weighted by Crippen LogP contribution is 2.49. The van der Waals surface area contributed by atoms with E-state index in [1.807, 2.05) is 29.5 Å². The number of carbonyl (C=O) groups is 4. The van der Waals surface area contributed by atoms with Crippen LogP contribution in [0.3, 0.4) is 0 Å². The zero-order valence-corrected chi connectivity index (χ0v) is 55.9. The first-order valence-electron chi connectivity index (χ1n) is 28.9. The van der Waals surface area contributed by atoms with Crippen LogP contribution in [0.2, 0.25) is 0 Å². The first-order valence-corrected chi connectivity index (χ1v) is 33.2. The molecule has 9 N–H and O–H groups in total. The molecule has 5 heterocycles.